The van der Waals surface area contributed by atoms with Crippen LogP contribution in [0.1, 0.15) is 60.0 Å². The van der Waals surface area contributed by atoms with Crippen LogP contribution in [0.3, 0.4) is 0 Å². The lowest BCUT2D eigenvalue weighted by Crippen LogP contribution is -2.50. The summed E-state index contributed by atoms with van der Waals surface area (Å²) in [4.78, 5) is 12.9. The van der Waals surface area contributed by atoms with Crippen LogP contribution in [0.4, 0.5) is 0 Å². The zero-order valence-corrected chi connectivity index (χ0v) is 15.5. The van der Waals surface area contributed by atoms with Gasteiger partial charge in [0.2, 0.25) is 0 Å². The van der Waals surface area contributed by atoms with E-state index in [2.05, 4.69) is 28.9 Å². The Morgan fingerprint density at radius 2 is 1.96 bits per heavy atom. The number of hydrogen-bond donors (Lipinski definition) is 2. The Hall–Kier alpha value is -2.07. The van der Waals surface area contributed by atoms with Crippen molar-refractivity contribution < 1.29 is 9.90 Å². The number of aryl methyl sites for hydroxylation is 1. The smallest absolute Gasteiger partial charge is 0.253 e. The monoisotopic (exact) mass is 340 g/mol. The number of carbonyl (C=O) groups is 1. The number of carbonyl (C=O) groups excluding carboxylic acids is 1. The van der Waals surface area contributed by atoms with Gasteiger partial charge in [0.15, 0.2) is 0 Å². The van der Waals surface area contributed by atoms with E-state index >= 15 is 0 Å². The number of aliphatic hydroxyl groups excluding tert-OH is 1. The van der Waals surface area contributed by atoms with Gasteiger partial charge in [0.25, 0.3) is 5.91 Å². The van der Waals surface area contributed by atoms with Crippen LogP contribution in [-0.2, 0) is 0 Å². The molecule has 2 aromatic rings. The number of nitrogens with zero attached hydrogens (tertiary/aromatic N) is 1. The van der Waals surface area contributed by atoms with Crippen LogP contribution in [0.5, 0.6) is 0 Å². The van der Waals surface area contributed by atoms with Crippen molar-refractivity contribution >= 4 is 5.91 Å². The van der Waals surface area contributed by atoms with Gasteiger partial charge in [-0.15, -0.1) is 0 Å². The maximum absolute atomic E-state index is 12.9. The minimum Gasteiger partial charge on any atom is -0.394 e. The molecule has 1 amide bonds. The Morgan fingerprint density at radius 1 is 1.32 bits per heavy atom. The number of amides is 1. The molecule has 134 valence electrons. The first-order valence-electron chi connectivity index (χ1n) is 9.04. The fourth-order valence-corrected chi connectivity index (χ4v) is 3.80. The number of aliphatic hydroxyl groups is 1. The molecule has 0 bridgehead atoms. The highest BCUT2D eigenvalue weighted by Crippen LogP contribution is 2.39. The summed E-state index contributed by atoms with van der Waals surface area (Å²) in [5.74, 6) is 0.288. The van der Waals surface area contributed by atoms with Crippen molar-refractivity contribution in [1.29, 1.82) is 0 Å². The molecule has 25 heavy (non-hydrogen) atoms. The van der Waals surface area contributed by atoms with E-state index in [1.807, 2.05) is 45.0 Å². The average molecular weight is 340 g/mol. The lowest BCUT2D eigenvalue weighted by atomic mass is 9.96. The Bertz CT molecular complexity index is 762. The SMILES string of the molecule is Cc1cc(C(=O)NC(C)(CO)C2CC2)c(C)n1C(C)c1ccccc1. The normalized spacial score (nSPS) is 17.8. The van der Waals surface area contributed by atoms with E-state index in [1.165, 1.54) is 5.56 Å². The molecule has 3 rings (SSSR count). The number of benzene rings is 1. The Morgan fingerprint density at radius 3 is 2.52 bits per heavy atom. The first-order valence-corrected chi connectivity index (χ1v) is 9.04. The van der Waals surface area contributed by atoms with E-state index in [-0.39, 0.29) is 18.6 Å². The van der Waals surface area contributed by atoms with Crippen molar-refractivity contribution in [2.24, 2.45) is 5.92 Å². The van der Waals surface area contributed by atoms with Gasteiger partial charge in [0.05, 0.1) is 23.8 Å². The molecule has 0 spiro atoms. The third kappa shape index (κ3) is 3.36. The topological polar surface area (TPSA) is 54.3 Å². The summed E-state index contributed by atoms with van der Waals surface area (Å²) in [5.41, 5.74) is 3.42. The largest absolute Gasteiger partial charge is 0.394 e. The average Bonchev–Trinajstić information content (AvgIpc) is 3.41. The lowest BCUT2D eigenvalue weighted by molar-refractivity contribution is 0.0824. The van der Waals surface area contributed by atoms with E-state index in [9.17, 15) is 9.90 Å². The molecule has 1 fully saturated rings. The summed E-state index contributed by atoms with van der Waals surface area (Å²) in [6.45, 7) is 8.10. The molecule has 0 radical (unpaired) electrons. The molecule has 1 heterocycles. The van der Waals surface area contributed by atoms with Crippen LogP contribution in [0.25, 0.3) is 0 Å². The summed E-state index contributed by atoms with van der Waals surface area (Å²) in [5, 5.41) is 12.8. The van der Waals surface area contributed by atoms with Crippen molar-refractivity contribution in [1.82, 2.24) is 9.88 Å². The highest BCUT2D eigenvalue weighted by molar-refractivity contribution is 5.96. The molecule has 4 heteroatoms. The number of hydrogen-bond acceptors (Lipinski definition) is 2. The van der Waals surface area contributed by atoms with E-state index in [1.54, 1.807) is 0 Å². The molecule has 0 saturated heterocycles. The fourth-order valence-electron chi connectivity index (χ4n) is 3.80. The van der Waals surface area contributed by atoms with E-state index in [4.69, 9.17) is 0 Å². The molecule has 1 aromatic carbocycles. The molecule has 1 aliphatic carbocycles. The minimum absolute atomic E-state index is 0.0252. The molecular weight excluding hydrogens is 312 g/mol. The van der Waals surface area contributed by atoms with Gasteiger partial charge in [-0.3, -0.25) is 4.79 Å². The first-order chi connectivity index (χ1) is 11.9. The molecule has 0 aliphatic heterocycles. The summed E-state index contributed by atoms with van der Waals surface area (Å²) in [6, 6.07) is 12.4. The van der Waals surface area contributed by atoms with Crippen molar-refractivity contribution in [2.75, 3.05) is 6.61 Å². The molecule has 2 N–H and O–H groups in total. The van der Waals surface area contributed by atoms with Gasteiger partial charge in [-0.25, -0.2) is 0 Å². The molecule has 1 aromatic heterocycles. The first kappa shape index (κ1) is 17.7. The highest BCUT2D eigenvalue weighted by atomic mass is 16.3. The van der Waals surface area contributed by atoms with Gasteiger partial charge in [0, 0.05) is 11.4 Å². The number of nitrogens with one attached hydrogen (secondary N) is 1. The van der Waals surface area contributed by atoms with Crippen molar-refractivity contribution in [3.8, 4) is 0 Å². The van der Waals surface area contributed by atoms with E-state index in [0.29, 0.717) is 11.5 Å². The second-order valence-electron chi connectivity index (χ2n) is 7.55. The zero-order valence-electron chi connectivity index (χ0n) is 15.5. The van der Waals surface area contributed by atoms with Gasteiger partial charge >= 0.3 is 0 Å². The molecule has 2 unspecified atom stereocenters. The van der Waals surface area contributed by atoms with Crippen LogP contribution >= 0.6 is 0 Å². The molecule has 1 saturated carbocycles. The number of rotatable bonds is 6. The molecule has 1 aliphatic rings. The molecule has 4 nitrogen and oxygen atoms in total. The maximum Gasteiger partial charge on any atom is 0.253 e. The van der Waals surface area contributed by atoms with Crippen molar-refractivity contribution in [3.05, 3.63) is 58.9 Å². The third-order valence-corrected chi connectivity index (χ3v) is 5.60. The standard InChI is InChI=1S/C21H28N2O2/c1-14-12-19(20(25)22-21(4,13-24)18-10-11-18)16(3)23(14)15(2)17-8-6-5-7-9-17/h5-9,12,15,18,24H,10-11,13H2,1-4H3,(H,22,25). The van der Waals surface area contributed by atoms with Crippen molar-refractivity contribution in [3.63, 3.8) is 0 Å². The van der Waals surface area contributed by atoms with Gasteiger partial charge in [0.1, 0.15) is 0 Å². The second-order valence-corrected chi connectivity index (χ2v) is 7.55. The zero-order chi connectivity index (χ0) is 18.2. The molecular formula is C21H28N2O2. The maximum atomic E-state index is 12.9. The predicted octanol–water partition coefficient (Wildman–Crippen LogP) is 3.61. The Kier molecular flexibility index (Phi) is 4.74. The van der Waals surface area contributed by atoms with Crippen LogP contribution < -0.4 is 5.32 Å². The van der Waals surface area contributed by atoms with E-state index < -0.39 is 5.54 Å². The molecule has 2 atom stereocenters. The lowest BCUT2D eigenvalue weighted by Gasteiger charge is -2.28. The van der Waals surface area contributed by atoms with Gasteiger partial charge < -0.3 is 15.0 Å². The highest BCUT2D eigenvalue weighted by Gasteiger charge is 2.42. The third-order valence-electron chi connectivity index (χ3n) is 5.60. The van der Waals surface area contributed by atoms with Crippen LogP contribution in [-0.4, -0.2) is 27.7 Å². The van der Waals surface area contributed by atoms with Gasteiger partial charge in [-0.2, -0.15) is 0 Å². The summed E-state index contributed by atoms with van der Waals surface area (Å²) in [6.07, 6.45) is 2.14. The predicted molar refractivity (Wildman–Crippen MR) is 99.8 cm³/mol. The van der Waals surface area contributed by atoms with Crippen LogP contribution in [0.15, 0.2) is 36.4 Å². The van der Waals surface area contributed by atoms with Gasteiger partial charge in [-0.05, 0) is 58.1 Å². The number of aromatic nitrogens is 1. The minimum atomic E-state index is -0.523. The van der Waals surface area contributed by atoms with Crippen LogP contribution in [0, 0.1) is 19.8 Å². The van der Waals surface area contributed by atoms with E-state index in [0.717, 1.165) is 24.2 Å². The van der Waals surface area contributed by atoms with Gasteiger partial charge in [-0.1, -0.05) is 30.3 Å². The fraction of sp³-hybridized carbons (Fsp3) is 0.476. The van der Waals surface area contributed by atoms with Crippen molar-refractivity contribution in [2.45, 2.75) is 52.1 Å². The Labute approximate surface area is 149 Å². The second kappa shape index (κ2) is 6.68. The van der Waals surface area contributed by atoms with Crippen LogP contribution in [0.2, 0.25) is 0 Å². The Balaban J connectivity index is 1.88. The summed E-state index contributed by atoms with van der Waals surface area (Å²) < 4.78 is 2.21. The summed E-state index contributed by atoms with van der Waals surface area (Å²) in [7, 11) is 0. The quantitative estimate of drug-likeness (QED) is 0.844. The summed E-state index contributed by atoms with van der Waals surface area (Å²) >= 11 is 0.